The lowest BCUT2D eigenvalue weighted by Gasteiger charge is -2.37. The van der Waals surface area contributed by atoms with Gasteiger partial charge < -0.3 is 9.84 Å². The van der Waals surface area contributed by atoms with Crippen molar-refractivity contribution in [1.82, 2.24) is 9.78 Å². The van der Waals surface area contributed by atoms with Gasteiger partial charge in [-0.25, -0.2) is 9.48 Å². The average molecular weight is 514 g/mol. The predicted molar refractivity (Wildman–Crippen MR) is 148 cm³/mol. The Balaban J connectivity index is 1.44. The van der Waals surface area contributed by atoms with Crippen LogP contribution >= 0.6 is 0 Å². The van der Waals surface area contributed by atoms with Gasteiger partial charge in [-0.3, -0.25) is 9.69 Å². The number of carbonyl (C=O) groups is 2. The van der Waals surface area contributed by atoms with Crippen LogP contribution < -0.4 is 4.90 Å². The normalized spacial score (nSPS) is 20.4. The molecule has 1 N–H and O–H groups in total. The summed E-state index contributed by atoms with van der Waals surface area (Å²) in [5.41, 5.74) is 2.92. The molecule has 0 spiro atoms. The molecule has 2 aromatic carbocycles. The fourth-order valence-corrected chi connectivity index (χ4v) is 5.42. The molecule has 3 aromatic rings. The van der Waals surface area contributed by atoms with Gasteiger partial charge in [-0.05, 0) is 67.7 Å². The van der Waals surface area contributed by atoms with Gasteiger partial charge in [0.25, 0.3) is 0 Å². The molecule has 1 aromatic heterocycles. The number of carboxylic acids is 1. The minimum atomic E-state index is -1.09. The predicted octanol–water partition coefficient (Wildman–Crippen LogP) is 6.08. The number of hydrogen-bond donors (Lipinski definition) is 1. The van der Waals surface area contributed by atoms with Crippen LogP contribution in [0.25, 0.3) is 17.8 Å². The van der Waals surface area contributed by atoms with Gasteiger partial charge in [-0.1, -0.05) is 61.5 Å². The first-order chi connectivity index (χ1) is 18.5. The number of benzene rings is 2. The van der Waals surface area contributed by atoms with E-state index in [1.165, 1.54) is 6.20 Å². The minimum Gasteiger partial charge on any atom is -0.477 e. The minimum absolute atomic E-state index is 0.00190. The molecule has 1 aliphatic heterocycles. The van der Waals surface area contributed by atoms with E-state index in [2.05, 4.69) is 6.92 Å². The van der Waals surface area contributed by atoms with Crippen LogP contribution in [0.2, 0.25) is 0 Å². The first-order valence-electron chi connectivity index (χ1n) is 13.6. The summed E-state index contributed by atoms with van der Waals surface area (Å²) in [4.78, 5) is 27.9. The van der Waals surface area contributed by atoms with Crippen molar-refractivity contribution in [1.29, 1.82) is 0 Å². The Morgan fingerprint density at radius 1 is 0.921 bits per heavy atom. The lowest BCUT2D eigenvalue weighted by Crippen LogP contribution is -2.47. The number of aromatic nitrogens is 2. The Morgan fingerprint density at radius 3 is 2.18 bits per heavy atom. The number of carbonyl (C=O) groups excluding carboxylic acids is 1. The molecule has 38 heavy (non-hydrogen) atoms. The zero-order valence-electron chi connectivity index (χ0n) is 21.8. The maximum Gasteiger partial charge on any atom is 0.341 e. The Hall–Kier alpha value is -3.71. The number of aromatic carboxylic acids is 1. The van der Waals surface area contributed by atoms with E-state index < -0.39 is 5.97 Å². The number of nitrogens with zero attached hydrogens (tertiary/aromatic N) is 3. The molecule has 1 saturated heterocycles. The Bertz CT molecular complexity index is 1270. The van der Waals surface area contributed by atoms with Gasteiger partial charge in [-0.15, -0.1) is 5.10 Å². The van der Waals surface area contributed by atoms with E-state index in [9.17, 15) is 14.7 Å². The second kappa shape index (κ2) is 11.8. The highest BCUT2D eigenvalue weighted by molar-refractivity contribution is 6.02. The largest absolute Gasteiger partial charge is 0.477 e. The van der Waals surface area contributed by atoms with E-state index in [1.54, 1.807) is 9.58 Å². The third kappa shape index (κ3) is 5.89. The second-order valence-corrected chi connectivity index (χ2v) is 10.5. The monoisotopic (exact) mass is 513 g/mol. The number of rotatable bonds is 7. The quantitative estimate of drug-likeness (QED) is 0.387. The van der Waals surface area contributed by atoms with Crippen molar-refractivity contribution in [2.75, 3.05) is 18.1 Å². The molecule has 7 nitrogen and oxygen atoms in total. The van der Waals surface area contributed by atoms with Crippen LogP contribution in [0.1, 0.15) is 66.9 Å². The number of amides is 1. The fourth-order valence-electron chi connectivity index (χ4n) is 5.42. The van der Waals surface area contributed by atoms with Gasteiger partial charge >= 0.3 is 5.97 Å². The first kappa shape index (κ1) is 25.9. The van der Waals surface area contributed by atoms with Crippen LogP contribution in [0.4, 0.5) is 5.82 Å². The molecule has 0 unspecified atom stereocenters. The highest BCUT2D eigenvalue weighted by atomic mass is 16.5. The summed E-state index contributed by atoms with van der Waals surface area (Å²) < 4.78 is 7.13. The van der Waals surface area contributed by atoms with E-state index in [0.29, 0.717) is 32.0 Å². The van der Waals surface area contributed by atoms with Crippen molar-refractivity contribution < 1.29 is 19.4 Å². The van der Waals surface area contributed by atoms with E-state index in [1.807, 2.05) is 66.7 Å². The van der Waals surface area contributed by atoms with Crippen LogP contribution in [-0.2, 0) is 9.53 Å². The van der Waals surface area contributed by atoms with Gasteiger partial charge in [0.05, 0.1) is 5.69 Å². The van der Waals surface area contributed by atoms with Gasteiger partial charge in [0.2, 0.25) is 5.91 Å². The van der Waals surface area contributed by atoms with Crippen molar-refractivity contribution in [3.8, 4) is 5.69 Å². The zero-order chi connectivity index (χ0) is 26.5. The standard InChI is InChI=1S/C31H35N3O4/c1-22-7-13-25(14-8-22)30(35)34(27-17-19-38-20-18-27)29-28(31(36)37)21-33(32-29)26-15-11-24(12-16-26)10-9-23-5-3-2-4-6-23/h2-6,9-12,15-16,21-22,25,27H,7-8,13-14,17-20H2,1H3,(H,36,37). The van der Waals surface area contributed by atoms with Crippen molar-refractivity contribution >= 4 is 29.8 Å². The smallest absolute Gasteiger partial charge is 0.341 e. The van der Waals surface area contributed by atoms with Gasteiger partial charge in [0.15, 0.2) is 5.82 Å². The highest BCUT2D eigenvalue weighted by Crippen LogP contribution is 2.34. The van der Waals surface area contributed by atoms with Gasteiger partial charge in [0.1, 0.15) is 5.56 Å². The van der Waals surface area contributed by atoms with Crippen LogP contribution in [0.5, 0.6) is 0 Å². The van der Waals surface area contributed by atoms with E-state index in [0.717, 1.165) is 42.5 Å². The van der Waals surface area contributed by atoms with E-state index in [-0.39, 0.29) is 29.2 Å². The molecule has 0 atom stereocenters. The summed E-state index contributed by atoms with van der Waals surface area (Å²) in [5.74, 6) is -0.332. The molecule has 5 rings (SSSR count). The SMILES string of the molecule is CC1CCC(C(=O)N(c2nn(-c3ccc(C=Cc4ccccc4)cc3)cc2C(=O)O)C2CCOCC2)CC1. The molecule has 0 bridgehead atoms. The summed E-state index contributed by atoms with van der Waals surface area (Å²) >= 11 is 0. The fraction of sp³-hybridized carbons (Fsp3) is 0.387. The molecule has 2 fully saturated rings. The van der Waals surface area contributed by atoms with Crippen LogP contribution in [0.3, 0.4) is 0 Å². The summed E-state index contributed by atoms with van der Waals surface area (Å²) in [5, 5.41) is 14.8. The first-order valence-corrected chi connectivity index (χ1v) is 13.6. The highest BCUT2D eigenvalue weighted by Gasteiger charge is 2.37. The summed E-state index contributed by atoms with van der Waals surface area (Å²) in [6.07, 6.45) is 10.6. The van der Waals surface area contributed by atoms with Crippen molar-refractivity contribution in [3.63, 3.8) is 0 Å². The zero-order valence-corrected chi connectivity index (χ0v) is 21.8. The molecule has 198 valence electrons. The van der Waals surface area contributed by atoms with Crippen LogP contribution in [0, 0.1) is 11.8 Å². The molecule has 1 aliphatic carbocycles. The van der Waals surface area contributed by atoms with Crippen molar-refractivity contribution in [3.05, 3.63) is 77.5 Å². The second-order valence-electron chi connectivity index (χ2n) is 10.5. The maximum absolute atomic E-state index is 13.9. The number of carboxylic acid groups (broad SMARTS) is 1. The number of hydrogen-bond acceptors (Lipinski definition) is 4. The lowest BCUT2D eigenvalue weighted by atomic mass is 9.82. The van der Waals surface area contributed by atoms with E-state index in [4.69, 9.17) is 9.84 Å². The summed E-state index contributed by atoms with van der Waals surface area (Å²) in [7, 11) is 0. The molecule has 7 heteroatoms. The van der Waals surface area contributed by atoms with Crippen molar-refractivity contribution in [2.45, 2.75) is 51.5 Å². The van der Waals surface area contributed by atoms with Gasteiger partial charge in [-0.2, -0.15) is 0 Å². The van der Waals surface area contributed by atoms with Crippen LogP contribution in [0.15, 0.2) is 60.8 Å². The molecular weight excluding hydrogens is 478 g/mol. The van der Waals surface area contributed by atoms with Gasteiger partial charge in [0, 0.05) is 31.4 Å². The molecular formula is C31H35N3O4. The van der Waals surface area contributed by atoms with Crippen molar-refractivity contribution in [2.24, 2.45) is 11.8 Å². The number of anilines is 1. The molecule has 2 heterocycles. The topological polar surface area (TPSA) is 84.7 Å². The Morgan fingerprint density at radius 2 is 1.55 bits per heavy atom. The van der Waals surface area contributed by atoms with Crippen LogP contribution in [-0.4, -0.2) is 46.0 Å². The average Bonchev–Trinajstić information content (AvgIpc) is 3.39. The lowest BCUT2D eigenvalue weighted by molar-refractivity contribution is -0.124. The third-order valence-corrected chi connectivity index (χ3v) is 7.74. The molecule has 0 radical (unpaired) electrons. The van der Waals surface area contributed by atoms with E-state index >= 15 is 0 Å². The third-order valence-electron chi connectivity index (χ3n) is 7.74. The molecule has 1 amide bonds. The summed E-state index contributed by atoms with van der Waals surface area (Å²) in [6.45, 7) is 3.33. The summed E-state index contributed by atoms with van der Waals surface area (Å²) in [6, 6.07) is 17.7. The molecule has 1 saturated carbocycles. The molecule has 2 aliphatic rings. The number of ether oxygens (including phenoxy) is 1. The maximum atomic E-state index is 13.9. The Kier molecular flexibility index (Phi) is 8.03. The Labute approximate surface area is 223 Å².